The molecule has 4 aromatic heterocycles. The molecular formula is C37H32N6O3. The highest BCUT2D eigenvalue weighted by Crippen LogP contribution is 2.27. The molecule has 46 heavy (non-hydrogen) atoms. The first-order chi connectivity index (χ1) is 22.4. The maximum atomic E-state index is 9.70. The van der Waals surface area contributed by atoms with E-state index in [9.17, 15) is 5.11 Å². The molecule has 9 nitrogen and oxygen atoms in total. The number of hydrogen-bond acceptors (Lipinski definition) is 7. The average Bonchev–Trinajstić information content (AvgIpc) is 3.91. The van der Waals surface area contributed by atoms with E-state index in [0.717, 1.165) is 61.5 Å². The van der Waals surface area contributed by atoms with Gasteiger partial charge in [0, 0.05) is 34.6 Å². The van der Waals surface area contributed by atoms with E-state index in [0.29, 0.717) is 5.92 Å². The fraction of sp³-hybridized carbons (Fsp3) is 0.135. The van der Waals surface area contributed by atoms with Crippen LogP contribution in [-0.2, 0) is 0 Å². The van der Waals surface area contributed by atoms with E-state index in [-0.39, 0.29) is 0 Å². The van der Waals surface area contributed by atoms with Gasteiger partial charge in [-0.15, -0.1) is 0 Å². The number of nitrogens with zero attached hydrogens (tertiary/aromatic N) is 6. The number of fused-ring (bicyclic) bond motifs is 2. The van der Waals surface area contributed by atoms with Crippen LogP contribution in [0.2, 0.25) is 0 Å². The summed E-state index contributed by atoms with van der Waals surface area (Å²) in [6.07, 6.45) is 6.31. The Balaban J connectivity index is 0.000000147. The van der Waals surface area contributed by atoms with Crippen LogP contribution in [-0.4, -0.2) is 34.5 Å². The number of rotatable bonds is 6. The first-order valence-corrected chi connectivity index (χ1v) is 15.1. The van der Waals surface area contributed by atoms with E-state index >= 15 is 0 Å². The Morgan fingerprint density at radius 1 is 0.587 bits per heavy atom. The van der Waals surface area contributed by atoms with Crippen molar-refractivity contribution < 1.29 is 14.2 Å². The highest BCUT2D eigenvalue weighted by Gasteiger charge is 2.11. The third-order valence-corrected chi connectivity index (χ3v) is 8.01. The van der Waals surface area contributed by atoms with Gasteiger partial charge in [-0.3, -0.25) is 9.13 Å². The second-order valence-electron chi connectivity index (χ2n) is 11.4. The van der Waals surface area contributed by atoms with Crippen LogP contribution in [0.4, 0.5) is 0 Å². The highest BCUT2D eigenvalue weighted by molar-refractivity contribution is 5.80. The Labute approximate surface area is 265 Å². The minimum atomic E-state index is -0.500. The molecule has 4 aromatic carbocycles. The molecule has 1 N–H and O–H groups in total. The lowest BCUT2D eigenvalue weighted by atomic mass is 10.0. The van der Waals surface area contributed by atoms with Gasteiger partial charge >= 0.3 is 0 Å². The number of imidazole rings is 2. The van der Waals surface area contributed by atoms with Crippen molar-refractivity contribution in [3.05, 3.63) is 133 Å². The maximum Gasteiger partial charge on any atom is 0.124 e. The molecule has 0 saturated carbocycles. The third-order valence-electron chi connectivity index (χ3n) is 8.01. The van der Waals surface area contributed by atoms with E-state index in [2.05, 4.69) is 69.0 Å². The molecule has 8 rings (SSSR count). The summed E-state index contributed by atoms with van der Waals surface area (Å²) in [4.78, 5) is 9.01. The number of aromatic nitrogens is 6. The second kappa shape index (κ2) is 12.3. The normalized spacial score (nSPS) is 12.0. The lowest BCUT2D eigenvalue weighted by Gasteiger charge is -2.08. The molecule has 0 radical (unpaired) electrons. The van der Waals surface area contributed by atoms with Crippen LogP contribution in [0.1, 0.15) is 43.9 Å². The summed E-state index contributed by atoms with van der Waals surface area (Å²) >= 11 is 0. The molecule has 9 heteroatoms. The van der Waals surface area contributed by atoms with Crippen molar-refractivity contribution in [2.24, 2.45) is 0 Å². The van der Waals surface area contributed by atoms with Gasteiger partial charge in [0.05, 0.1) is 28.2 Å². The minimum Gasteiger partial charge on any atom is -0.389 e. The van der Waals surface area contributed by atoms with Crippen molar-refractivity contribution in [2.45, 2.75) is 32.8 Å². The van der Waals surface area contributed by atoms with Gasteiger partial charge in [0.1, 0.15) is 36.6 Å². The van der Waals surface area contributed by atoms with Crippen molar-refractivity contribution in [3.63, 3.8) is 0 Å². The largest absolute Gasteiger partial charge is 0.389 e. The molecule has 0 amide bonds. The molecule has 1 atom stereocenters. The Morgan fingerprint density at radius 2 is 1.09 bits per heavy atom. The molecule has 0 saturated heterocycles. The fourth-order valence-electron chi connectivity index (χ4n) is 5.44. The Hall–Kier alpha value is -5.80. The smallest absolute Gasteiger partial charge is 0.124 e. The lowest BCUT2D eigenvalue weighted by Crippen LogP contribution is -1.94. The van der Waals surface area contributed by atoms with Gasteiger partial charge in [-0.1, -0.05) is 60.6 Å². The van der Waals surface area contributed by atoms with E-state index in [1.165, 1.54) is 5.56 Å². The Kier molecular flexibility index (Phi) is 7.74. The summed E-state index contributed by atoms with van der Waals surface area (Å²) < 4.78 is 14.0. The van der Waals surface area contributed by atoms with Crippen LogP contribution in [0.5, 0.6) is 0 Å². The van der Waals surface area contributed by atoms with E-state index in [1.54, 1.807) is 25.8 Å². The summed E-state index contributed by atoms with van der Waals surface area (Å²) in [5, 5.41) is 17.7. The van der Waals surface area contributed by atoms with Gasteiger partial charge in [0.25, 0.3) is 0 Å². The van der Waals surface area contributed by atoms with Gasteiger partial charge in [-0.2, -0.15) is 0 Å². The Morgan fingerprint density at radius 3 is 1.54 bits per heavy atom. The summed E-state index contributed by atoms with van der Waals surface area (Å²) in [6, 6.07) is 32.2. The first-order valence-electron chi connectivity index (χ1n) is 15.1. The zero-order chi connectivity index (χ0) is 31.6. The molecule has 0 spiro atoms. The molecule has 228 valence electrons. The molecule has 0 bridgehead atoms. The summed E-state index contributed by atoms with van der Waals surface area (Å²) in [5.41, 5.74) is 11.8. The van der Waals surface area contributed by atoms with Crippen molar-refractivity contribution in [2.75, 3.05) is 0 Å². The van der Waals surface area contributed by atoms with E-state index in [1.807, 2.05) is 77.6 Å². The fourth-order valence-corrected chi connectivity index (χ4v) is 5.44. The average molecular weight is 609 g/mol. The zero-order valence-electron chi connectivity index (χ0n) is 25.6. The zero-order valence-corrected chi connectivity index (χ0v) is 25.6. The van der Waals surface area contributed by atoms with Gasteiger partial charge < -0.3 is 14.2 Å². The van der Waals surface area contributed by atoms with Crippen LogP contribution in [0.25, 0.3) is 56.0 Å². The predicted molar refractivity (Wildman–Crippen MR) is 178 cm³/mol. The standard InChI is InChI=1S/C19H17N3O.C18H15N3O2/c1-13(2)14-6-7-19-18(11-14)20-12-22(19)16-5-3-4-15(10-16)17-8-9-23-21-17;1-12(22)13-5-6-18-17(10-13)19-11-21(18)15-4-2-3-14(9-15)16-7-8-23-20-16/h3-13H,1-2H3;2-12,22H,1H3. The number of aliphatic hydroxyl groups excluding tert-OH is 1. The number of benzene rings is 4. The monoisotopic (exact) mass is 608 g/mol. The van der Waals surface area contributed by atoms with Gasteiger partial charge in [0.2, 0.25) is 0 Å². The molecule has 1 unspecified atom stereocenters. The molecule has 8 aromatic rings. The van der Waals surface area contributed by atoms with Crippen LogP contribution in [0, 0.1) is 0 Å². The molecule has 4 heterocycles. The van der Waals surface area contributed by atoms with Crippen molar-refractivity contribution >= 4 is 22.1 Å². The van der Waals surface area contributed by atoms with E-state index in [4.69, 9.17) is 9.05 Å². The molecule has 0 aliphatic rings. The molecule has 0 aliphatic heterocycles. The molecular weight excluding hydrogens is 576 g/mol. The number of hydrogen-bond donors (Lipinski definition) is 1. The van der Waals surface area contributed by atoms with Crippen LogP contribution < -0.4 is 0 Å². The Bertz CT molecular complexity index is 2070. The summed E-state index contributed by atoms with van der Waals surface area (Å²) in [5.74, 6) is 0.500. The molecule has 0 aliphatic carbocycles. The van der Waals surface area contributed by atoms with Crippen molar-refractivity contribution in [1.29, 1.82) is 0 Å². The quantitative estimate of drug-likeness (QED) is 0.202. The second-order valence-corrected chi connectivity index (χ2v) is 11.4. The van der Waals surface area contributed by atoms with Crippen molar-refractivity contribution in [3.8, 4) is 33.9 Å². The van der Waals surface area contributed by atoms with Crippen LogP contribution >= 0.6 is 0 Å². The summed E-state index contributed by atoms with van der Waals surface area (Å²) in [7, 11) is 0. The number of aliphatic hydroxyl groups is 1. The SMILES string of the molecule is CC(C)c1ccc2c(c1)ncn2-c1cccc(-c2ccon2)c1.CC(O)c1ccc2c(c1)ncn2-c1cccc(-c2ccon2)c1. The van der Waals surface area contributed by atoms with E-state index < -0.39 is 6.10 Å². The first kappa shape index (κ1) is 28.9. The molecule has 0 fully saturated rings. The van der Waals surface area contributed by atoms with Crippen LogP contribution in [0.3, 0.4) is 0 Å². The van der Waals surface area contributed by atoms with Crippen molar-refractivity contribution in [1.82, 2.24) is 29.4 Å². The summed E-state index contributed by atoms with van der Waals surface area (Å²) in [6.45, 7) is 6.14. The minimum absolute atomic E-state index is 0.500. The maximum absolute atomic E-state index is 9.70. The topological polar surface area (TPSA) is 108 Å². The van der Waals surface area contributed by atoms with Gasteiger partial charge in [-0.05, 0) is 72.5 Å². The van der Waals surface area contributed by atoms with Crippen LogP contribution in [0.15, 0.2) is 131 Å². The highest BCUT2D eigenvalue weighted by atomic mass is 16.5. The predicted octanol–water partition coefficient (Wildman–Crippen LogP) is 8.54. The van der Waals surface area contributed by atoms with Gasteiger partial charge in [0.15, 0.2) is 0 Å². The van der Waals surface area contributed by atoms with Gasteiger partial charge in [-0.25, -0.2) is 9.97 Å². The third kappa shape index (κ3) is 5.71. The lowest BCUT2D eigenvalue weighted by molar-refractivity contribution is 0.199.